The zero-order valence-electron chi connectivity index (χ0n) is 1.86. The fourth-order valence-electron chi connectivity index (χ4n) is 0. The van der Waals surface area contributed by atoms with Crippen molar-refractivity contribution < 1.29 is 34.1 Å². The molecule has 0 aliphatic carbocycles. The topological polar surface area (TPSA) is 0 Å². The number of hydrogen-bond donors (Lipinski definition) is 0. The van der Waals surface area contributed by atoms with Crippen molar-refractivity contribution >= 4 is 41.0 Å². The van der Waals surface area contributed by atoms with Gasteiger partial charge in [0.05, 0.1) is 0 Å². The molecule has 0 N–H and O–H groups in total. The fraction of sp³-hybridized carbons (Fsp3) is 0. The van der Waals surface area contributed by atoms with Crippen LogP contribution in [0, 0.1) is 0 Å². The molecule has 0 rings (SSSR count). The van der Waals surface area contributed by atoms with Gasteiger partial charge >= 0.3 is 41.0 Å². The van der Waals surface area contributed by atoms with Crippen molar-refractivity contribution in [3.8, 4) is 0 Å². The van der Waals surface area contributed by atoms with Crippen LogP contribution in [0.2, 0.25) is 0 Å². The van der Waals surface area contributed by atoms with Gasteiger partial charge in [-0.1, -0.05) is 0 Å². The number of rotatable bonds is 0. The molecule has 0 fully saturated rings. The van der Waals surface area contributed by atoms with Crippen LogP contribution in [0.5, 0.6) is 0 Å². The average Bonchev–Trinajstić information content (AvgIpc) is 0. The summed E-state index contributed by atoms with van der Waals surface area (Å²) >= 11 is 0. The molecular weight excluding hydrogens is 317 g/mol. The van der Waals surface area contributed by atoms with E-state index in [9.17, 15) is 0 Å². The Morgan fingerprint density at radius 1 is 1.00 bits per heavy atom. The first-order valence-electron chi connectivity index (χ1n) is 0. The molecule has 0 spiro atoms. The van der Waals surface area contributed by atoms with E-state index in [-0.39, 0.29) is 75.1 Å². The third kappa shape index (κ3) is 8.84. The normalized spacial score (nSPS) is 0. The van der Waals surface area contributed by atoms with Gasteiger partial charge < -0.3 is 0 Å². The summed E-state index contributed by atoms with van der Waals surface area (Å²) in [7, 11) is 0. The monoisotopic (exact) mass is 323 g/mol. The van der Waals surface area contributed by atoms with Crippen LogP contribution in [0.4, 0.5) is 0 Å². The summed E-state index contributed by atoms with van der Waals surface area (Å²) in [5.41, 5.74) is 0. The van der Waals surface area contributed by atoms with Gasteiger partial charge in [-0.25, -0.2) is 0 Å². The standard InChI is InChI=1S/Cu.Fe.H2Se.Sn.2H/h;;1H2;;;. The fourth-order valence-corrected chi connectivity index (χ4v) is 0. The molecular formula is H4CuFeSeSn. The molecule has 0 saturated heterocycles. The molecule has 0 saturated carbocycles. The van der Waals surface area contributed by atoms with E-state index >= 15 is 0 Å². The van der Waals surface area contributed by atoms with Gasteiger partial charge in [-0.2, -0.15) is 0 Å². The minimum absolute atomic E-state index is 0. The molecule has 0 aromatic carbocycles. The number of hydrogen-bond acceptors (Lipinski definition) is 0. The molecule has 33 valence electrons. The van der Waals surface area contributed by atoms with Crippen molar-refractivity contribution in [2.24, 2.45) is 0 Å². The third-order valence-electron chi connectivity index (χ3n) is 0. The van der Waals surface area contributed by atoms with Gasteiger partial charge in [-0.05, 0) is 0 Å². The van der Waals surface area contributed by atoms with Gasteiger partial charge in [0.2, 0.25) is 0 Å². The average molecular weight is 321 g/mol. The Bertz CT molecular complexity index is 8.00. The predicted molar refractivity (Wildman–Crippen MR) is 17.1 cm³/mol. The first-order chi connectivity index (χ1) is 0. The van der Waals surface area contributed by atoms with Crippen LogP contribution in [0.15, 0.2) is 0 Å². The molecule has 0 atom stereocenters. The molecule has 4 heavy (non-hydrogen) atoms. The van der Waals surface area contributed by atoms with E-state index in [1.54, 1.807) is 0 Å². The van der Waals surface area contributed by atoms with Crippen molar-refractivity contribution in [3.05, 3.63) is 0 Å². The predicted octanol–water partition coefficient (Wildman–Crippen LogP) is -1.84. The Hall–Kier alpha value is 2.36. The van der Waals surface area contributed by atoms with Crippen LogP contribution in [-0.4, -0.2) is 41.0 Å². The molecule has 0 aromatic heterocycles. The van der Waals surface area contributed by atoms with E-state index in [1.807, 2.05) is 0 Å². The van der Waals surface area contributed by atoms with E-state index in [4.69, 9.17) is 0 Å². The van der Waals surface area contributed by atoms with Gasteiger partial charge in [0.25, 0.3) is 0 Å². The molecule has 0 nitrogen and oxygen atoms in total. The Kier molecular flexibility index (Phi) is 150. The molecule has 3 radical (unpaired) electrons. The van der Waals surface area contributed by atoms with Gasteiger partial charge in [0.15, 0.2) is 0 Å². The van der Waals surface area contributed by atoms with Gasteiger partial charge in [0.1, 0.15) is 0 Å². The molecule has 0 heterocycles. The Morgan fingerprint density at radius 2 is 1.00 bits per heavy atom. The third-order valence-corrected chi connectivity index (χ3v) is 0. The zero-order valence-corrected chi connectivity index (χ0v) is 10.0. The summed E-state index contributed by atoms with van der Waals surface area (Å²) < 4.78 is 0. The maximum atomic E-state index is 0. The summed E-state index contributed by atoms with van der Waals surface area (Å²) in [6.45, 7) is 0. The first-order valence-corrected chi connectivity index (χ1v) is 0. The summed E-state index contributed by atoms with van der Waals surface area (Å²) in [6.07, 6.45) is 0. The van der Waals surface area contributed by atoms with E-state index in [0.29, 0.717) is 0 Å². The molecule has 0 amide bonds. The van der Waals surface area contributed by atoms with Crippen molar-refractivity contribution in [3.63, 3.8) is 0 Å². The second-order valence-corrected chi connectivity index (χ2v) is 0. The van der Waals surface area contributed by atoms with Crippen LogP contribution in [-0.2, 0) is 34.1 Å². The second-order valence-electron chi connectivity index (χ2n) is 0. The maximum absolute atomic E-state index is 0. The van der Waals surface area contributed by atoms with Gasteiger partial charge in [0, 0.05) is 34.1 Å². The van der Waals surface area contributed by atoms with Crippen molar-refractivity contribution in [2.75, 3.05) is 0 Å². The molecule has 0 aliphatic rings. The van der Waals surface area contributed by atoms with Crippen LogP contribution < -0.4 is 0 Å². The van der Waals surface area contributed by atoms with Crippen molar-refractivity contribution in [1.82, 2.24) is 0 Å². The van der Waals surface area contributed by atoms with E-state index in [2.05, 4.69) is 0 Å². The minimum atomic E-state index is 0. The van der Waals surface area contributed by atoms with Gasteiger partial charge in [-0.15, -0.1) is 0 Å². The van der Waals surface area contributed by atoms with E-state index in [0.717, 1.165) is 0 Å². The van der Waals surface area contributed by atoms with Crippen LogP contribution in [0.3, 0.4) is 0 Å². The SMILES string of the molecule is [Cu].[Fe].[SeH2].[SnH2]. The van der Waals surface area contributed by atoms with Gasteiger partial charge in [-0.3, -0.25) is 0 Å². The Balaban J connectivity index is 0. The molecule has 0 unspecified atom stereocenters. The molecule has 0 bridgehead atoms. The van der Waals surface area contributed by atoms with Crippen molar-refractivity contribution in [1.29, 1.82) is 0 Å². The summed E-state index contributed by atoms with van der Waals surface area (Å²) in [5, 5.41) is 0. The van der Waals surface area contributed by atoms with Crippen LogP contribution in [0.25, 0.3) is 0 Å². The Labute approximate surface area is 74.2 Å². The van der Waals surface area contributed by atoms with E-state index < -0.39 is 0 Å². The quantitative estimate of drug-likeness (QED) is 0.460. The zero-order chi connectivity index (χ0) is 0. The Morgan fingerprint density at radius 3 is 1.00 bits per heavy atom. The molecule has 0 aliphatic heterocycles. The molecule has 0 aromatic rings. The second kappa shape index (κ2) is 18.3. The van der Waals surface area contributed by atoms with Crippen LogP contribution in [0.1, 0.15) is 0 Å². The summed E-state index contributed by atoms with van der Waals surface area (Å²) in [4.78, 5) is 0. The summed E-state index contributed by atoms with van der Waals surface area (Å²) in [6, 6.07) is 0. The van der Waals surface area contributed by atoms with E-state index in [1.165, 1.54) is 0 Å². The van der Waals surface area contributed by atoms with Crippen molar-refractivity contribution in [2.45, 2.75) is 0 Å². The van der Waals surface area contributed by atoms with Crippen LogP contribution >= 0.6 is 0 Å². The molecule has 4 heteroatoms. The summed E-state index contributed by atoms with van der Waals surface area (Å²) in [5.74, 6) is 0. The first kappa shape index (κ1) is 32.8.